The Morgan fingerprint density at radius 1 is 1.10 bits per heavy atom. The largest absolute Gasteiger partial charge is 0.459 e. The van der Waals surface area contributed by atoms with Crippen molar-refractivity contribution in [2.75, 3.05) is 0 Å². The number of hydrogen-bond donors (Lipinski definition) is 0. The summed E-state index contributed by atoms with van der Waals surface area (Å²) in [5, 5.41) is 2.43. The van der Waals surface area contributed by atoms with Crippen LogP contribution in [0.4, 0.5) is 0 Å². The quantitative estimate of drug-likeness (QED) is 0.746. The third-order valence-corrected chi connectivity index (χ3v) is 4.43. The fourth-order valence-electron chi connectivity index (χ4n) is 3.58. The van der Waals surface area contributed by atoms with Gasteiger partial charge in [-0.05, 0) is 23.3 Å². The van der Waals surface area contributed by atoms with Crippen LogP contribution in [0.1, 0.15) is 24.8 Å². The summed E-state index contributed by atoms with van der Waals surface area (Å²) in [5.41, 5.74) is 1.22. The molecule has 0 spiro atoms. The van der Waals surface area contributed by atoms with Gasteiger partial charge in [-0.2, -0.15) is 0 Å². The van der Waals surface area contributed by atoms with Crippen LogP contribution in [0.3, 0.4) is 0 Å². The third kappa shape index (κ3) is 1.66. The Balaban J connectivity index is 1.84. The molecule has 2 heterocycles. The molecule has 2 aliphatic rings. The number of ether oxygens (including phenoxy) is 2. The van der Waals surface area contributed by atoms with E-state index in [2.05, 4.69) is 37.3 Å². The Hall–Kier alpha value is -1.87. The van der Waals surface area contributed by atoms with Crippen LogP contribution in [-0.4, -0.2) is 24.3 Å². The molecular formula is C17H16O3. The Bertz CT molecular complexity index is 673. The van der Waals surface area contributed by atoms with Gasteiger partial charge in [0.15, 0.2) is 0 Å². The molecule has 0 N–H and O–H groups in total. The first-order chi connectivity index (χ1) is 9.74. The number of rotatable bonds is 1. The van der Waals surface area contributed by atoms with Crippen molar-refractivity contribution in [3.8, 4) is 0 Å². The summed E-state index contributed by atoms with van der Waals surface area (Å²) in [6.45, 7) is 2.07. The second-order valence-electron chi connectivity index (χ2n) is 5.63. The Kier molecular flexibility index (Phi) is 2.57. The third-order valence-electron chi connectivity index (χ3n) is 4.43. The fourth-order valence-corrected chi connectivity index (χ4v) is 3.58. The number of esters is 1. The lowest BCUT2D eigenvalue weighted by Crippen LogP contribution is -2.23. The van der Waals surface area contributed by atoms with E-state index in [0.29, 0.717) is 6.42 Å². The van der Waals surface area contributed by atoms with E-state index >= 15 is 0 Å². The number of fused-ring (bicyclic) bond motifs is 2. The molecule has 1 unspecified atom stereocenters. The zero-order valence-electron chi connectivity index (χ0n) is 11.3. The van der Waals surface area contributed by atoms with E-state index < -0.39 is 0 Å². The molecule has 3 heteroatoms. The molecule has 102 valence electrons. The Morgan fingerprint density at radius 3 is 2.80 bits per heavy atom. The van der Waals surface area contributed by atoms with Crippen LogP contribution < -0.4 is 0 Å². The lowest BCUT2D eigenvalue weighted by atomic mass is 9.86. The smallest absolute Gasteiger partial charge is 0.308 e. The van der Waals surface area contributed by atoms with Gasteiger partial charge in [-0.3, -0.25) is 4.79 Å². The summed E-state index contributed by atoms with van der Waals surface area (Å²) in [6, 6.07) is 14.6. The summed E-state index contributed by atoms with van der Waals surface area (Å²) < 4.78 is 11.4. The molecule has 2 fully saturated rings. The van der Waals surface area contributed by atoms with E-state index in [1.165, 1.54) is 16.3 Å². The van der Waals surface area contributed by atoms with E-state index in [1.54, 1.807) is 0 Å². The maximum atomic E-state index is 11.5. The van der Waals surface area contributed by atoms with Crippen molar-refractivity contribution in [1.29, 1.82) is 0 Å². The zero-order valence-corrected chi connectivity index (χ0v) is 11.3. The number of benzene rings is 2. The lowest BCUT2D eigenvalue weighted by Gasteiger charge is -2.21. The molecule has 0 aromatic heterocycles. The molecule has 4 rings (SSSR count). The summed E-state index contributed by atoms with van der Waals surface area (Å²) in [7, 11) is 0. The average molecular weight is 268 g/mol. The maximum Gasteiger partial charge on any atom is 0.308 e. The van der Waals surface area contributed by atoms with Gasteiger partial charge in [0, 0.05) is 0 Å². The Morgan fingerprint density at radius 2 is 1.90 bits per heavy atom. The summed E-state index contributed by atoms with van der Waals surface area (Å²) >= 11 is 0. The summed E-state index contributed by atoms with van der Waals surface area (Å²) in [5.74, 6) is -0.0188. The highest BCUT2D eigenvalue weighted by Gasteiger charge is 2.50. The zero-order chi connectivity index (χ0) is 13.7. The lowest BCUT2D eigenvalue weighted by molar-refractivity contribution is -0.142. The molecule has 0 amide bonds. The van der Waals surface area contributed by atoms with Gasteiger partial charge in [0.2, 0.25) is 0 Å². The van der Waals surface area contributed by atoms with Crippen LogP contribution in [0, 0.1) is 0 Å². The van der Waals surface area contributed by atoms with Crippen molar-refractivity contribution in [2.45, 2.75) is 37.6 Å². The van der Waals surface area contributed by atoms with Gasteiger partial charge >= 0.3 is 5.97 Å². The first-order valence-corrected chi connectivity index (χ1v) is 7.06. The molecule has 0 bridgehead atoms. The van der Waals surface area contributed by atoms with Gasteiger partial charge in [-0.1, -0.05) is 42.5 Å². The topological polar surface area (TPSA) is 35.5 Å². The number of carbonyl (C=O) groups excluding carboxylic acids is 1. The number of carbonyl (C=O) groups is 1. The van der Waals surface area contributed by atoms with Crippen molar-refractivity contribution in [2.24, 2.45) is 0 Å². The molecule has 2 aliphatic heterocycles. The van der Waals surface area contributed by atoms with Crippen LogP contribution in [0.25, 0.3) is 10.8 Å². The second kappa shape index (κ2) is 4.32. The number of hydrogen-bond acceptors (Lipinski definition) is 3. The molecule has 4 atom stereocenters. The molecule has 0 saturated carbocycles. The van der Waals surface area contributed by atoms with E-state index in [-0.39, 0.29) is 30.2 Å². The van der Waals surface area contributed by atoms with Crippen LogP contribution >= 0.6 is 0 Å². The first-order valence-electron chi connectivity index (χ1n) is 7.06. The van der Waals surface area contributed by atoms with E-state index in [4.69, 9.17) is 9.47 Å². The van der Waals surface area contributed by atoms with Gasteiger partial charge in [-0.15, -0.1) is 0 Å². The van der Waals surface area contributed by atoms with Crippen LogP contribution in [0.2, 0.25) is 0 Å². The molecule has 2 aromatic carbocycles. The normalized spacial score (nSPS) is 32.4. The highest BCUT2D eigenvalue weighted by atomic mass is 16.6. The van der Waals surface area contributed by atoms with Crippen molar-refractivity contribution in [3.63, 3.8) is 0 Å². The first kappa shape index (κ1) is 11.9. The van der Waals surface area contributed by atoms with Crippen LogP contribution in [0.15, 0.2) is 42.5 Å². The minimum absolute atomic E-state index is 0.0731. The SMILES string of the molecule is CC1O[C@@H]2CC(=O)O[C@@H]2[C@H]1c1cccc2ccccc12. The van der Waals surface area contributed by atoms with Crippen molar-refractivity contribution < 1.29 is 14.3 Å². The minimum Gasteiger partial charge on any atom is -0.459 e. The van der Waals surface area contributed by atoms with Gasteiger partial charge in [-0.25, -0.2) is 0 Å². The highest BCUT2D eigenvalue weighted by molar-refractivity contribution is 5.86. The summed E-state index contributed by atoms with van der Waals surface area (Å²) in [6.07, 6.45) is 0.240. The van der Waals surface area contributed by atoms with Crippen LogP contribution in [-0.2, 0) is 14.3 Å². The van der Waals surface area contributed by atoms with E-state index in [0.717, 1.165) is 0 Å². The molecular weight excluding hydrogens is 252 g/mol. The maximum absolute atomic E-state index is 11.5. The highest BCUT2D eigenvalue weighted by Crippen LogP contribution is 2.43. The van der Waals surface area contributed by atoms with Gasteiger partial charge in [0.25, 0.3) is 0 Å². The Labute approximate surface area is 117 Å². The predicted molar refractivity (Wildman–Crippen MR) is 75.5 cm³/mol. The molecule has 2 aromatic rings. The second-order valence-corrected chi connectivity index (χ2v) is 5.63. The predicted octanol–water partition coefficient (Wildman–Crippen LogP) is 3.03. The molecule has 0 aliphatic carbocycles. The molecule has 3 nitrogen and oxygen atoms in total. The monoisotopic (exact) mass is 268 g/mol. The van der Waals surface area contributed by atoms with Gasteiger partial charge in [0.1, 0.15) is 12.2 Å². The van der Waals surface area contributed by atoms with Crippen molar-refractivity contribution >= 4 is 16.7 Å². The van der Waals surface area contributed by atoms with Gasteiger partial charge < -0.3 is 9.47 Å². The van der Waals surface area contributed by atoms with Crippen molar-refractivity contribution in [3.05, 3.63) is 48.0 Å². The molecule has 20 heavy (non-hydrogen) atoms. The van der Waals surface area contributed by atoms with Gasteiger partial charge in [0.05, 0.1) is 18.4 Å². The van der Waals surface area contributed by atoms with E-state index in [9.17, 15) is 4.79 Å². The summed E-state index contributed by atoms with van der Waals surface area (Å²) in [4.78, 5) is 11.5. The molecule has 2 saturated heterocycles. The standard InChI is InChI=1S/C17H16O3/c1-10-16(17-14(19-10)9-15(18)20-17)13-8-4-6-11-5-2-3-7-12(11)13/h2-8,10,14,16-17H,9H2,1H3/t10?,14-,16-,17+/m1/s1. The molecule has 0 radical (unpaired) electrons. The van der Waals surface area contributed by atoms with Crippen LogP contribution in [0.5, 0.6) is 0 Å². The minimum atomic E-state index is -0.142. The van der Waals surface area contributed by atoms with E-state index in [1.807, 2.05) is 12.1 Å². The average Bonchev–Trinajstić information content (AvgIpc) is 2.93. The fraction of sp³-hybridized carbons (Fsp3) is 0.353. The van der Waals surface area contributed by atoms with Crippen molar-refractivity contribution in [1.82, 2.24) is 0 Å².